The van der Waals surface area contributed by atoms with Crippen LogP contribution in [0.2, 0.25) is 0 Å². The summed E-state index contributed by atoms with van der Waals surface area (Å²) in [6.07, 6.45) is 3.32. The Morgan fingerprint density at radius 1 is 1.71 bits per heavy atom. The van der Waals surface area contributed by atoms with Crippen molar-refractivity contribution in [3.63, 3.8) is 0 Å². The first-order chi connectivity index (χ1) is 8.06. The summed E-state index contributed by atoms with van der Waals surface area (Å²) >= 11 is 0. The smallest absolute Gasteiger partial charge is 0.373 e. The van der Waals surface area contributed by atoms with E-state index < -0.39 is 16.7 Å². The third-order valence-electron chi connectivity index (χ3n) is 1.81. The molecule has 0 aliphatic heterocycles. The lowest BCUT2D eigenvalue weighted by Crippen LogP contribution is -2.07. The highest BCUT2D eigenvalue weighted by molar-refractivity contribution is 5.91. The monoisotopic (exact) mass is 238 g/mol. The lowest BCUT2D eigenvalue weighted by Gasteiger charge is -2.00. The molecule has 0 amide bonds. The van der Waals surface area contributed by atoms with E-state index in [2.05, 4.69) is 9.72 Å². The highest BCUT2D eigenvalue weighted by Crippen LogP contribution is 2.18. The van der Waals surface area contributed by atoms with Crippen LogP contribution < -0.4 is 0 Å². The van der Waals surface area contributed by atoms with E-state index in [1.54, 1.807) is 6.92 Å². The van der Waals surface area contributed by atoms with Crippen LogP contribution in [0.25, 0.3) is 6.08 Å². The Kier molecular flexibility index (Phi) is 4.15. The van der Waals surface area contributed by atoms with Crippen molar-refractivity contribution in [2.75, 3.05) is 6.61 Å². The summed E-state index contributed by atoms with van der Waals surface area (Å²) in [5.41, 5.74) is -0.223. The first-order valence-corrected chi connectivity index (χ1v) is 4.72. The number of carbonyl (C=O) groups excluding carboxylic acids is 1. The van der Waals surface area contributed by atoms with Gasteiger partial charge in [0.15, 0.2) is 0 Å². The predicted molar refractivity (Wildman–Crippen MR) is 58.1 cm³/mol. The molecule has 17 heavy (non-hydrogen) atoms. The van der Waals surface area contributed by atoms with Crippen LogP contribution in [0.5, 0.6) is 0 Å². The van der Waals surface area contributed by atoms with Crippen LogP contribution >= 0.6 is 0 Å². The van der Waals surface area contributed by atoms with Gasteiger partial charge in [-0.25, -0.2) is 4.79 Å². The summed E-state index contributed by atoms with van der Waals surface area (Å²) in [6.45, 7) is 1.69. The fourth-order valence-corrected chi connectivity index (χ4v) is 1.08. The summed E-state index contributed by atoms with van der Waals surface area (Å²) in [7, 11) is 0. The Morgan fingerprint density at radius 2 is 2.41 bits per heavy atom. The van der Waals surface area contributed by atoms with Gasteiger partial charge in [0.2, 0.25) is 5.76 Å². The van der Waals surface area contributed by atoms with Crippen LogP contribution in [0.15, 0.2) is 24.2 Å². The first-order valence-electron chi connectivity index (χ1n) is 4.72. The number of esters is 1. The summed E-state index contributed by atoms with van der Waals surface area (Å²) in [5, 5.41) is 20.0. The molecule has 7 heteroatoms. The SMILES string of the molecule is CCOC(=O)/C(O)=C/c1ccncc1[N+](=O)[O-]. The fourth-order valence-electron chi connectivity index (χ4n) is 1.08. The number of hydrogen-bond acceptors (Lipinski definition) is 6. The van der Waals surface area contributed by atoms with E-state index in [-0.39, 0.29) is 17.9 Å². The van der Waals surface area contributed by atoms with Crippen LogP contribution in [0.3, 0.4) is 0 Å². The molecule has 1 aromatic heterocycles. The molecule has 1 N–H and O–H groups in total. The van der Waals surface area contributed by atoms with Crippen molar-refractivity contribution in [2.24, 2.45) is 0 Å². The minimum Gasteiger partial charge on any atom is -0.502 e. The normalized spacial score (nSPS) is 11.0. The van der Waals surface area contributed by atoms with Gasteiger partial charge in [-0.2, -0.15) is 0 Å². The van der Waals surface area contributed by atoms with Crippen LogP contribution in [-0.4, -0.2) is 27.6 Å². The molecule has 0 aliphatic rings. The van der Waals surface area contributed by atoms with Gasteiger partial charge in [0, 0.05) is 12.3 Å². The third kappa shape index (κ3) is 3.26. The molecule has 0 saturated heterocycles. The maximum absolute atomic E-state index is 11.1. The molecule has 0 bridgehead atoms. The van der Waals surface area contributed by atoms with Gasteiger partial charge >= 0.3 is 5.97 Å². The molecule has 90 valence electrons. The maximum Gasteiger partial charge on any atom is 0.373 e. The van der Waals surface area contributed by atoms with Crippen molar-refractivity contribution in [3.05, 3.63) is 39.9 Å². The number of nitro groups is 1. The van der Waals surface area contributed by atoms with Gasteiger partial charge in [0.05, 0.1) is 17.1 Å². The van der Waals surface area contributed by atoms with Crippen molar-refractivity contribution in [1.82, 2.24) is 4.98 Å². The largest absolute Gasteiger partial charge is 0.502 e. The molecule has 0 atom stereocenters. The summed E-state index contributed by atoms with van der Waals surface area (Å²) in [5.74, 6) is -1.63. The minimum absolute atomic E-state index is 0.0792. The molecule has 1 aromatic rings. The number of pyridine rings is 1. The lowest BCUT2D eigenvalue weighted by atomic mass is 10.2. The highest BCUT2D eigenvalue weighted by atomic mass is 16.6. The van der Waals surface area contributed by atoms with Gasteiger partial charge in [-0.3, -0.25) is 15.1 Å². The minimum atomic E-state index is -0.932. The van der Waals surface area contributed by atoms with Crippen LogP contribution in [-0.2, 0) is 9.53 Å². The number of aromatic nitrogens is 1. The Hall–Kier alpha value is -2.44. The first kappa shape index (κ1) is 12.6. The average Bonchev–Trinajstić information content (AvgIpc) is 2.29. The van der Waals surface area contributed by atoms with Crippen molar-refractivity contribution in [2.45, 2.75) is 6.92 Å². The maximum atomic E-state index is 11.1. The summed E-state index contributed by atoms with van der Waals surface area (Å²) < 4.78 is 4.53. The van der Waals surface area contributed by atoms with Gasteiger partial charge in [0.1, 0.15) is 6.20 Å². The Bertz CT molecular complexity index is 470. The second-order valence-electron chi connectivity index (χ2n) is 2.94. The lowest BCUT2D eigenvalue weighted by molar-refractivity contribution is -0.385. The fraction of sp³-hybridized carbons (Fsp3) is 0.200. The van der Waals surface area contributed by atoms with Gasteiger partial charge in [-0.15, -0.1) is 0 Å². The number of ether oxygens (including phenoxy) is 1. The highest BCUT2D eigenvalue weighted by Gasteiger charge is 2.15. The molecule has 0 spiro atoms. The van der Waals surface area contributed by atoms with Crippen molar-refractivity contribution in [3.8, 4) is 0 Å². The van der Waals surface area contributed by atoms with Gasteiger partial charge in [0.25, 0.3) is 5.69 Å². The van der Waals surface area contributed by atoms with Crippen LogP contribution in [0.4, 0.5) is 5.69 Å². The molecule has 0 radical (unpaired) electrons. The molecule has 0 saturated carbocycles. The molecule has 0 fully saturated rings. The molecule has 7 nitrogen and oxygen atoms in total. The molecule has 0 aliphatic carbocycles. The number of aliphatic hydroxyl groups excluding tert-OH is 1. The third-order valence-corrected chi connectivity index (χ3v) is 1.81. The molecule has 0 unspecified atom stereocenters. The number of nitrogens with zero attached hydrogens (tertiary/aromatic N) is 2. The van der Waals surface area contributed by atoms with Crippen molar-refractivity contribution in [1.29, 1.82) is 0 Å². The predicted octanol–water partition coefficient (Wildman–Crippen LogP) is 1.45. The van der Waals surface area contributed by atoms with E-state index in [4.69, 9.17) is 0 Å². The van der Waals surface area contributed by atoms with E-state index in [0.29, 0.717) is 0 Å². The molecular weight excluding hydrogens is 228 g/mol. The standard InChI is InChI=1S/C10H10N2O5/c1-2-17-10(14)9(13)5-7-3-4-11-6-8(7)12(15)16/h3-6,13H,2H2,1H3/b9-5-. The average molecular weight is 238 g/mol. The summed E-state index contributed by atoms with van der Waals surface area (Å²) in [4.78, 5) is 24.7. The topological polar surface area (TPSA) is 103 Å². The second kappa shape index (κ2) is 5.59. The van der Waals surface area contributed by atoms with Gasteiger partial charge < -0.3 is 9.84 Å². The Balaban J connectivity index is 3.05. The van der Waals surface area contributed by atoms with Crippen molar-refractivity contribution < 1.29 is 19.6 Å². The van der Waals surface area contributed by atoms with E-state index >= 15 is 0 Å². The molecule has 1 rings (SSSR count). The van der Waals surface area contributed by atoms with Crippen LogP contribution in [0, 0.1) is 10.1 Å². The molecular formula is C10H10N2O5. The van der Waals surface area contributed by atoms with E-state index in [1.165, 1.54) is 12.3 Å². The number of rotatable bonds is 4. The number of hydrogen-bond donors (Lipinski definition) is 1. The van der Waals surface area contributed by atoms with Gasteiger partial charge in [-0.1, -0.05) is 0 Å². The second-order valence-corrected chi connectivity index (χ2v) is 2.94. The Labute approximate surface area is 96.5 Å². The zero-order chi connectivity index (χ0) is 12.8. The van der Waals surface area contributed by atoms with E-state index in [1.807, 2.05) is 0 Å². The number of aliphatic hydroxyl groups is 1. The van der Waals surface area contributed by atoms with E-state index in [0.717, 1.165) is 12.3 Å². The van der Waals surface area contributed by atoms with Crippen LogP contribution in [0.1, 0.15) is 12.5 Å². The molecule has 0 aromatic carbocycles. The zero-order valence-electron chi connectivity index (χ0n) is 8.99. The quantitative estimate of drug-likeness (QED) is 0.280. The Morgan fingerprint density at radius 3 is 3.00 bits per heavy atom. The van der Waals surface area contributed by atoms with Gasteiger partial charge in [-0.05, 0) is 13.0 Å². The number of carbonyl (C=O) groups is 1. The van der Waals surface area contributed by atoms with Crippen molar-refractivity contribution >= 4 is 17.7 Å². The zero-order valence-corrected chi connectivity index (χ0v) is 8.99. The summed E-state index contributed by atoms with van der Waals surface area (Å²) in [6, 6.07) is 1.31. The molecule has 1 heterocycles. The van der Waals surface area contributed by atoms with E-state index in [9.17, 15) is 20.0 Å².